The van der Waals surface area contributed by atoms with Crippen LogP contribution in [0.3, 0.4) is 0 Å². The number of carbonyl (C=O) groups excluding carboxylic acids is 1. The summed E-state index contributed by atoms with van der Waals surface area (Å²) in [4.78, 5) is 25.5. The van der Waals surface area contributed by atoms with Crippen LogP contribution >= 0.6 is 0 Å². The third kappa shape index (κ3) is 4.74. The Bertz CT molecular complexity index is 1510. The highest BCUT2D eigenvalue weighted by Gasteiger charge is 2.36. The number of hydrogen-bond donors (Lipinski definition) is 2. The number of aromatic amines is 1. The molecule has 3 heterocycles. The third-order valence-corrected chi connectivity index (χ3v) is 6.04. The second-order valence-corrected chi connectivity index (χ2v) is 8.67. The van der Waals surface area contributed by atoms with Crippen LogP contribution in [0.1, 0.15) is 21.6 Å². The molecule has 7 nitrogen and oxygen atoms in total. The molecule has 2 N–H and O–H groups in total. The van der Waals surface area contributed by atoms with Crippen LogP contribution in [-0.2, 0) is 17.5 Å². The molecule has 0 spiro atoms. The number of rotatable bonds is 6. The first-order valence-electron chi connectivity index (χ1n) is 11.1. The number of H-pyrrole nitrogens is 1. The molecule has 186 valence electrons. The van der Waals surface area contributed by atoms with Gasteiger partial charge >= 0.3 is 6.18 Å². The van der Waals surface area contributed by atoms with Crippen LogP contribution in [0.2, 0.25) is 0 Å². The average Bonchev–Trinajstić information content (AvgIpc) is 3.30. The van der Waals surface area contributed by atoms with E-state index in [0.717, 1.165) is 12.3 Å². The topological polar surface area (TPSA) is 89.0 Å². The Morgan fingerprint density at radius 1 is 1.17 bits per heavy atom. The number of nitrogens with one attached hydrogen (secondary N) is 2. The van der Waals surface area contributed by atoms with Crippen molar-refractivity contribution in [3.8, 4) is 11.1 Å². The second kappa shape index (κ2) is 9.23. The molecule has 1 aliphatic heterocycles. The van der Waals surface area contributed by atoms with Crippen LogP contribution in [0.25, 0.3) is 21.9 Å². The number of aromatic nitrogens is 3. The van der Waals surface area contributed by atoms with E-state index >= 15 is 0 Å². The van der Waals surface area contributed by atoms with Gasteiger partial charge in [-0.25, -0.2) is 4.39 Å². The molecule has 1 saturated heterocycles. The number of hydrogen-bond acceptors (Lipinski definition) is 4. The fourth-order valence-electron chi connectivity index (χ4n) is 4.11. The maximum absolute atomic E-state index is 14.2. The van der Waals surface area contributed by atoms with E-state index < -0.39 is 29.2 Å². The number of benzene rings is 2. The summed E-state index contributed by atoms with van der Waals surface area (Å²) < 4.78 is 60.3. The molecule has 1 aliphatic rings. The van der Waals surface area contributed by atoms with Gasteiger partial charge in [0.2, 0.25) is 0 Å². The van der Waals surface area contributed by atoms with Crippen LogP contribution < -0.4 is 10.9 Å². The summed E-state index contributed by atoms with van der Waals surface area (Å²) in [5.41, 5.74) is -0.675. The van der Waals surface area contributed by atoms with E-state index in [9.17, 15) is 27.2 Å². The van der Waals surface area contributed by atoms with Crippen LogP contribution in [-0.4, -0.2) is 40.4 Å². The van der Waals surface area contributed by atoms with Gasteiger partial charge in [0.15, 0.2) is 0 Å². The Morgan fingerprint density at radius 3 is 2.69 bits per heavy atom. The van der Waals surface area contributed by atoms with Crippen molar-refractivity contribution in [3.63, 3.8) is 0 Å². The lowest BCUT2D eigenvalue weighted by Crippen LogP contribution is -2.39. The fourth-order valence-corrected chi connectivity index (χ4v) is 4.11. The van der Waals surface area contributed by atoms with Crippen LogP contribution in [0.15, 0.2) is 59.7 Å². The first-order chi connectivity index (χ1) is 17.2. The molecule has 11 heteroatoms. The highest BCUT2D eigenvalue weighted by Crippen LogP contribution is 2.36. The Morgan fingerprint density at radius 2 is 1.97 bits per heavy atom. The Labute approximate surface area is 201 Å². The Balaban J connectivity index is 1.40. The predicted molar refractivity (Wildman–Crippen MR) is 123 cm³/mol. The minimum Gasteiger partial charge on any atom is -0.381 e. The van der Waals surface area contributed by atoms with Gasteiger partial charge in [-0.1, -0.05) is 6.07 Å². The van der Waals surface area contributed by atoms with Crippen molar-refractivity contribution in [2.45, 2.75) is 12.7 Å². The van der Waals surface area contributed by atoms with Crippen molar-refractivity contribution in [2.75, 3.05) is 19.8 Å². The molecule has 1 fully saturated rings. The molecule has 5 rings (SSSR count). The number of fused-ring (bicyclic) bond motifs is 1. The van der Waals surface area contributed by atoms with Crippen LogP contribution in [0, 0.1) is 11.7 Å². The molecular formula is C25H20F4N4O3. The smallest absolute Gasteiger partial charge is 0.381 e. The first kappa shape index (κ1) is 23.7. The molecule has 0 aliphatic carbocycles. The minimum absolute atomic E-state index is 0.00494. The molecule has 0 unspecified atom stereocenters. The normalized spacial score (nSPS) is 14.1. The number of halogens is 4. The molecule has 4 aromatic rings. The van der Waals surface area contributed by atoms with Gasteiger partial charge in [0, 0.05) is 35.2 Å². The quantitative estimate of drug-likeness (QED) is 0.392. The van der Waals surface area contributed by atoms with Crippen molar-refractivity contribution < 1.29 is 27.1 Å². The van der Waals surface area contributed by atoms with Gasteiger partial charge < -0.3 is 14.6 Å². The number of amides is 1. The number of alkyl halides is 3. The highest BCUT2D eigenvalue weighted by atomic mass is 19.4. The predicted octanol–water partition coefficient (Wildman–Crippen LogP) is 3.97. The molecule has 2 aromatic heterocycles. The van der Waals surface area contributed by atoms with Crippen molar-refractivity contribution in [2.24, 2.45) is 5.92 Å². The van der Waals surface area contributed by atoms with E-state index in [2.05, 4.69) is 10.4 Å². The molecule has 0 saturated carbocycles. The largest absolute Gasteiger partial charge is 0.433 e. The van der Waals surface area contributed by atoms with E-state index in [4.69, 9.17) is 4.74 Å². The monoisotopic (exact) mass is 500 g/mol. The molecule has 36 heavy (non-hydrogen) atoms. The lowest BCUT2D eigenvalue weighted by molar-refractivity contribution is -0.140. The van der Waals surface area contributed by atoms with Gasteiger partial charge in [0.1, 0.15) is 11.5 Å². The van der Waals surface area contributed by atoms with Gasteiger partial charge in [-0.15, -0.1) is 0 Å². The summed E-state index contributed by atoms with van der Waals surface area (Å²) in [5, 5.41) is 8.96. The molecule has 0 radical (unpaired) electrons. The van der Waals surface area contributed by atoms with Crippen molar-refractivity contribution in [1.82, 2.24) is 20.1 Å². The van der Waals surface area contributed by atoms with Gasteiger partial charge in [-0.2, -0.15) is 18.3 Å². The van der Waals surface area contributed by atoms with Gasteiger partial charge in [-0.05, 0) is 52.9 Å². The zero-order chi connectivity index (χ0) is 25.4. The van der Waals surface area contributed by atoms with Crippen LogP contribution in [0.5, 0.6) is 0 Å². The standard InChI is InChI=1S/C25H20F4N4O3/c26-19-6-14(5-18(8-19)23(34)30-9-15-12-36-13-15)11-33-4-3-17-7-16(1-2-20(17)24(33)35)21-10-31-32-22(21)25(27,28)29/h1-8,10,15H,9,11-13H2,(H,30,34)(H,31,32). The average molecular weight is 500 g/mol. The zero-order valence-corrected chi connectivity index (χ0v) is 18.7. The Kier molecular flexibility index (Phi) is 6.09. The van der Waals surface area contributed by atoms with Gasteiger partial charge in [0.25, 0.3) is 11.5 Å². The van der Waals surface area contributed by atoms with E-state index in [0.29, 0.717) is 30.7 Å². The summed E-state index contributed by atoms with van der Waals surface area (Å²) in [7, 11) is 0. The van der Waals surface area contributed by atoms with Crippen molar-refractivity contribution >= 4 is 16.7 Å². The number of pyridine rings is 1. The van der Waals surface area contributed by atoms with Crippen molar-refractivity contribution in [3.05, 3.63) is 87.9 Å². The third-order valence-electron chi connectivity index (χ3n) is 6.04. The minimum atomic E-state index is -4.60. The zero-order valence-electron chi connectivity index (χ0n) is 18.7. The number of nitrogens with zero attached hydrogens (tertiary/aromatic N) is 2. The number of ether oxygens (including phenoxy) is 1. The highest BCUT2D eigenvalue weighted by molar-refractivity contribution is 5.94. The maximum Gasteiger partial charge on any atom is 0.433 e. The summed E-state index contributed by atoms with van der Waals surface area (Å²) in [6.45, 7) is 1.59. The molecule has 2 aromatic carbocycles. The lowest BCUT2D eigenvalue weighted by atomic mass is 10.0. The van der Waals surface area contributed by atoms with Crippen molar-refractivity contribution in [1.29, 1.82) is 0 Å². The van der Waals surface area contributed by atoms with Gasteiger partial charge in [-0.3, -0.25) is 14.7 Å². The first-order valence-corrected chi connectivity index (χ1v) is 11.1. The molecule has 1 amide bonds. The Hall–Kier alpha value is -3.99. The second-order valence-electron chi connectivity index (χ2n) is 8.67. The SMILES string of the molecule is O=C(NCC1COC1)c1cc(F)cc(Cn2ccc3cc(-c4cn[nH]c4C(F)(F)F)ccc3c2=O)c1. The summed E-state index contributed by atoms with van der Waals surface area (Å²) in [6.07, 6.45) is -2.03. The van der Waals surface area contributed by atoms with E-state index in [-0.39, 0.29) is 34.5 Å². The van der Waals surface area contributed by atoms with E-state index in [1.54, 1.807) is 6.07 Å². The maximum atomic E-state index is 14.2. The number of carbonyl (C=O) groups is 1. The van der Waals surface area contributed by atoms with E-state index in [1.165, 1.54) is 41.1 Å². The molecule has 0 atom stereocenters. The fraction of sp³-hybridized carbons (Fsp3) is 0.240. The van der Waals surface area contributed by atoms with E-state index in [1.807, 2.05) is 5.10 Å². The lowest BCUT2D eigenvalue weighted by Gasteiger charge is -2.25. The molecular weight excluding hydrogens is 480 g/mol. The summed E-state index contributed by atoms with van der Waals surface area (Å²) in [6, 6.07) is 9.85. The molecule has 0 bridgehead atoms. The summed E-state index contributed by atoms with van der Waals surface area (Å²) in [5.74, 6) is -0.783. The van der Waals surface area contributed by atoms with Crippen LogP contribution in [0.4, 0.5) is 17.6 Å². The van der Waals surface area contributed by atoms with Gasteiger partial charge in [0.05, 0.1) is 26.0 Å². The summed E-state index contributed by atoms with van der Waals surface area (Å²) >= 11 is 0.